The summed E-state index contributed by atoms with van der Waals surface area (Å²) in [5.74, 6) is -0.287. The Hall–Kier alpha value is -1.94. The lowest BCUT2D eigenvalue weighted by molar-refractivity contribution is 0.628. The zero-order valence-corrected chi connectivity index (χ0v) is 13.2. The van der Waals surface area contributed by atoms with Crippen LogP contribution in [-0.4, -0.2) is 5.11 Å². The van der Waals surface area contributed by atoms with Gasteiger partial charge in [-0.3, -0.25) is 0 Å². The number of benzene rings is 2. The van der Waals surface area contributed by atoms with E-state index in [1.807, 2.05) is 0 Å². The summed E-state index contributed by atoms with van der Waals surface area (Å²) in [7, 11) is 0. The molecule has 2 aromatic rings. The summed E-state index contributed by atoms with van der Waals surface area (Å²) in [4.78, 5) is 0. The highest BCUT2D eigenvalue weighted by Gasteiger charge is 2.10. The van der Waals surface area contributed by atoms with Gasteiger partial charge in [0, 0.05) is 5.69 Å². The van der Waals surface area contributed by atoms with Gasteiger partial charge in [0.15, 0.2) is 5.11 Å². The molecule has 0 unspecified atom stereocenters. The predicted octanol–water partition coefficient (Wildman–Crippen LogP) is 4.49. The number of rotatable bonds is 3. The Morgan fingerprint density at radius 2 is 1.90 bits per heavy atom. The molecule has 2 rings (SSSR count). The normalized spacial score (nSPS) is 11.8. The molecular weight excluding hydrogens is 283 g/mol. The van der Waals surface area contributed by atoms with Crippen molar-refractivity contribution in [1.82, 2.24) is 5.32 Å². The van der Waals surface area contributed by atoms with Crippen molar-refractivity contribution in [3.63, 3.8) is 0 Å². The average molecular weight is 302 g/mol. The van der Waals surface area contributed by atoms with E-state index < -0.39 is 0 Å². The quantitative estimate of drug-likeness (QED) is 0.817. The van der Waals surface area contributed by atoms with Crippen LogP contribution in [0.3, 0.4) is 0 Å². The van der Waals surface area contributed by atoms with E-state index in [9.17, 15) is 4.39 Å². The Morgan fingerprint density at radius 3 is 2.57 bits per heavy atom. The summed E-state index contributed by atoms with van der Waals surface area (Å²) in [6, 6.07) is 12.7. The van der Waals surface area contributed by atoms with Gasteiger partial charge in [0.05, 0.1) is 6.04 Å². The lowest BCUT2D eigenvalue weighted by Gasteiger charge is -2.19. The number of halogens is 1. The number of thiocarbonyl (C=S) groups is 1. The van der Waals surface area contributed by atoms with Crippen molar-refractivity contribution < 1.29 is 4.39 Å². The molecule has 0 saturated carbocycles. The molecule has 2 nitrogen and oxygen atoms in total. The zero-order valence-electron chi connectivity index (χ0n) is 12.4. The van der Waals surface area contributed by atoms with Crippen LogP contribution in [0.25, 0.3) is 0 Å². The van der Waals surface area contributed by atoms with E-state index in [1.165, 1.54) is 28.8 Å². The van der Waals surface area contributed by atoms with Gasteiger partial charge < -0.3 is 10.6 Å². The SMILES string of the molecule is Cc1ccc([C@H](C)NC(=S)Nc2cccc(F)c2)c(C)c1. The smallest absolute Gasteiger partial charge is 0.171 e. The molecule has 0 saturated heterocycles. The monoisotopic (exact) mass is 302 g/mol. The third-order valence-electron chi connectivity index (χ3n) is 3.32. The highest BCUT2D eigenvalue weighted by molar-refractivity contribution is 7.80. The van der Waals surface area contributed by atoms with E-state index in [2.05, 4.69) is 49.6 Å². The van der Waals surface area contributed by atoms with Crippen LogP contribution in [0.1, 0.15) is 29.7 Å². The van der Waals surface area contributed by atoms with Crippen molar-refractivity contribution in [1.29, 1.82) is 0 Å². The number of hydrogen-bond acceptors (Lipinski definition) is 1. The standard InChI is InChI=1S/C17H19FN2S/c1-11-7-8-16(12(2)9-11)13(3)19-17(21)20-15-6-4-5-14(18)10-15/h4-10,13H,1-3H3,(H2,19,20,21)/t13-/m0/s1. The first-order chi connectivity index (χ1) is 9.95. The maximum Gasteiger partial charge on any atom is 0.171 e. The number of hydrogen-bond donors (Lipinski definition) is 2. The molecule has 0 amide bonds. The molecule has 0 aliphatic heterocycles. The molecule has 2 N–H and O–H groups in total. The van der Waals surface area contributed by atoms with Crippen molar-refractivity contribution >= 4 is 23.0 Å². The summed E-state index contributed by atoms with van der Waals surface area (Å²) in [5, 5.41) is 6.70. The van der Waals surface area contributed by atoms with Gasteiger partial charge in [0.2, 0.25) is 0 Å². The average Bonchev–Trinajstić information content (AvgIpc) is 2.38. The maximum absolute atomic E-state index is 13.1. The molecule has 0 bridgehead atoms. The van der Waals surface area contributed by atoms with Crippen LogP contribution in [0.5, 0.6) is 0 Å². The molecule has 0 heterocycles. The Morgan fingerprint density at radius 1 is 1.14 bits per heavy atom. The molecule has 0 spiro atoms. The van der Waals surface area contributed by atoms with Crippen LogP contribution in [0.15, 0.2) is 42.5 Å². The first-order valence-corrected chi connectivity index (χ1v) is 7.27. The minimum absolute atomic E-state index is 0.0826. The fourth-order valence-corrected chi connectivity index (χ4v) is 2.61. The Balaban J connectivity index is 2.02. The lowest BCUT2D eigenvalue weighted by Crippen LogP contribution is -2.31. The van der Waals surface area contributed by atoms with Crippen LogP contribution in [0.2, 0.25) is 0 Å². The van der Waals surface area contributed by atoms with Gasteiger partial charge in [-0.1, -0.05) is 29.8 Å². The summed E-state index contributed by atoms with van der Waals surface area (Å²) in [5.41, 5.74) is 4.30. The van der Waals surface area contributed by atoms with Gasteiger partial charge in [-0.05, 0) is 62.3 Å². The van der Waals surface area contributed by atoms with Crippen LogP contribution in [0.4, 0.5) is 10.1 Å². The van der Waals surface area contributed by atoms with E-state index >= 15 is 0 Å². The minimum atomic E-state index is -0.287. The third kappa shape index (κ3) is 4.26. The molecule has 21 heavy (non-hydrogen) atoms. The fraction of sp³-hybridized carbons (Fsp3) is 0.235. The second-order valence-electron chi connectivity index (χ2n) is 5.19. The zero-order chi connectivity index (χ0) is 15.4. The molecule has 4 heteroatoms. The molecular formula is C17H19FN2S. The molecule has 110 valence electrons. The first kappa shape index (κ1) is 15.4. The topological polar surface area (TPSA) is 24.1 Å². The van der Waals surface area contributed by atoms with E-state index in [4.69, 9.17) is 12.2 Å². The van der Waals surface area contributed by atoms with E-state index in [0.29, 0.717) is 10.8 Å². The number of nitrogens with one attached hydrogen (secondary N) is 2. The minimum Gasteiger partial charge on any atom is -0.356 e. The largest absolute Gasteiger partial charge is 0.356 e. The Labute approximate surface area is 130 Å². The van der Waals surface area contributed by atoms with Crippen molar-refractivity contribution in [3.8, 4) is 0 Å². The summed E-state index contributed by atoms with van der Waals surface area (Å²) in [6.45, 7) is 6.21. The highest BCUT2D eigenvalue weighted by atomic mass is 32.1. The third-order valence-corrected chi connectivity index (χ3v) is 3.54. The summed E-state index contributed by atoms with van der Waals surface area (Å²) >= 11 is 5.28. The summed E-state index contributed by atoms with van der Waals surface area (Å²) < 4.78 is 13.1. The molecule has 0 aliphatic rings. The molecule has 0 aromatic heterocycles. The van der Waals surface area contributed by atoms with Crippen LogP contribution in [-0.2, 0) is 0 Å². The molecule has 0 fully saturated rings. The first-order valence-electron chi connectivity index (χ1n) is 6.86. The van der Waals surface area contributed by atoms with Gasteiger partial charge in [0.25, 0.3) is 0 Å². The van der Waals surface area contributed by atoms with Gasteiger partial charge in [-0.15, -0.1) is 0 Å². The van der Waals surface area contributed by atoms with Crippen molar-refractivity contribution in [2.75, 3.05) is 5.32 Å². The predicted molar refractivity (Wildman–Crippen MR) is 90.1 cm³/mol. The van der Waals surface area contributed by atoms with Gasteiger partial charge in [0.1, 0.15) is 5.82 Å². The molecule has 2 aromatic carbocycles. The second-order valence-corrected chi connectivity index (χ2v) is 5.60. The number of anilines is 1. The Bertz CT molecular complexity index is 655. The van der Waals surface area contributed by atoms with Gasteiger partial charge in [-0.25, -0.2) is 4.39 Å². The van der Waals surface area contributed by atoms with Crippen LogP contribution < -0.4 is 10.6 Å². The van der Waals surface area contributed by atoms with E-state index in [-0.39, 0.29) is 11.9 Å². The maximum atomic E-state index is 13.1. The van der Waals surface area contributed by atoms with Crippen molar-refractivity contribution in [3.05, 3.63) is 65.0 Å². The Kier molecular flexibility index (Phi) is 4.91. The van der Waals surface area contributed by atoms with Crippen molar-refractivity contribution in [2.24, 2.45) is 0 Å². The fourth-order valence-electron chi connectivity index (χ4n) is 2.32. The van der Waals surface area contributed by atoms with E-state index in [1.54, 1.807) is 12.1 Å². The molecule has 0 aliphatic carbocycles. The lowest BCUT2D eigenvalue weighted by atomic mass is 10.0. The van der Waals surface area contributed by atoms with Crippen LogP contribution >= 0.6 is 12.2 Å². The van der Waals surface area contributed by atoms with Gasteiger partial charge >= 0.3 is 0 Å². The second kappa shape index (κ2) is 6.68. The number of aryl methyl sites for hydroxylation is 2. The molecule has 0 radical (unpaired) electrons. The summed E-state index contributed by atoms with van der Waals surface area (Å²) in [6.07, 6.45) is 0. The highest BCUT2D eigenvalue weighted by Crippen LogP contribution is 2.19. The molecule has 1 atom stereocenters. The van der Waals surface area contributed by atoms with Gasteiger partial charge in [-0.2, -0.15) is 0 Å². The van der Waals surface area contributed by atoms with E-state index in [0.717, 1.165) is 0 Å². The van der Waals surface area contributed by atoms with Crippen molar-refractivity contribution in [2.45, 2.75) is 26.8 Å². The van der Waals surface area contributed by atoms with Crippen LogP contribution in [0, 0.1) is 19.7 Å².